The van der Waals surface area contributed by atoms with Gasteiger partial charge >= 0.3 is 5.97 Å². The molecule has 4 heteroatoms. The van der Waals surface area contributed by atoms with E-state index in [1.807, 2.05) is 0 Å². The zero-order valence-electron chi connectivity index (χ0n) is 16.9. The van der Waals surface area contributed by atoms with Crippen LogP contribution in [0, 0.1) is 0 Å². The van der Waals surface area contributed by atoms with Crippen LogP contribution in [0.3, 0.4) is 0 Å². The molecule has 1 fully saturated rings. The van der Waals surface area contributed by atoms with Gasteiger partial charge in [0.05, 0.1) is 13.5 Å². The molecule has 0 saturated carbocycles. The number of hydrogen-bond donors (Lipinski definition) is 0. The summed E-state index contributed by atoms with van der Waals surface area (Å²) < 4.78 is 4.86. The number of carbonyl (C=O) groups excluding carboxylic acids is 1. The third-order valence-corrected chi connectivity index (χ3v) is 5.68. The summed E-state index contributed by atoms with van der Waals surface area (Å²) in [6.07, 6.45) is 3.80. The molecule has 2 aromatic rings. The average Bonchev–Trinajstić information content (AvgIpc) is 2.76. The molecule has 1 heterocycles. The van der Waals surface area contributed by atoms with E-state index in [0.717, 1.165) is 52.0 Å². The first kappa shape index (κ1) is 20.6. The molecule has 28 heavy (non-hydrogen) atoms. The quantitative estimate of drug-likeness (QED) is 0.620. The van der Waals surface area contributed by atoms with Gasteiger partial charge in [-0.15, -0.1) is 0 Å². The predicted octanol–water partition coefficient (Wildman–Crippen LogP) is 3.76. The number of piperidine rings is 1. The lowest BCUT2D eigenvalue weighted by atomic mass is 10.0. The highest BCUT2D eigenvalue weighted by Crippen LogP contribution is 2.19. The molecule has 0 aliphatic carbocycles. The summed E-state index contributed by atoms with van der Waals surface area (Å²) in [4.78, 5) is 16.7. The van der Waals surface area contributed by atoms with Crippen LogP contribution in [0.2, 0.25) is 0 Å². The van der Waals surface area contributed by atoms with Crippen molar-refractivity contribution in [1.82, 2.24) is 9.80 Å². The lowest BCUT2D eigenvalue weighted by Crippen LogP contribution is -2.46. The van der Waals surface area contributed by atoms with Crippen molar-refractivity contribution < 1.29 is 9.53 Å². The first-order chi connectivity index (χ1) is 13.7. The third kappa shape index (κ3) is 6.47. The molecule has 1 saturated heterocycles. The fraction of sp³-hybridized carbons (Fsp3) is 0.458. The fourth-order valence-corrected chi connectivity index (χ4v) is 4.02. The van der Waals surface area contributed by atoms with Gasteiger partial charge in [0, 0.05) is 25.7 Å². The number of hydrogen-bond acceptors (Lipinski definition) is 4. The number of nitrogens with zero attached hydrogens (tertiary/aromatic N) is 2. The molecule has 0 bridgehead atoms. The lowest BCUT2D eigenvalue weighted by Gasteiger charge is -2.38. The Bertz CT molecular complexity index is 697. The number of esters is 1. The van der Waals surface area contributed by atoms with Gasteiger partial charge in [-0.1, -0.05) is 60.7 Å². The molecule has 0 aromatic heterocycles. The van der Waals surface area contributed by atoms with Gasteiger partial charge in [-0.2, -0.15) is 0 Å². The van der Waals surface area contributed by atoms with E-state index in [1.165, 1.54) is 18.2 Å². The molecule has 4 nitrogen and oxygen atoms in total. The maximum Gasteiger partial charge on any atom is 0.306 e. The Balaban J connectivity index is 1.53. The largest absolute Gasteiger partial charge is 0.469 e. The van der Waals surface area contributed by atoms with Gasteiger partial charge in [-0.3, -0.25) is 14.6 Å². The Kier molecular flexibility index (Phi) is 8.07. The highest BCUT2D eigenvalue weighted by molar-refractivity contribution is 5.69. The van der Waals surface area contributed by atoms with Crippen LogP contribution in [0.1, 0.15) is 30.4 Å². The van der Waals surface area contributed by atoms with Gasteiger partial charge < -0.3 is 4.74 Å². The van der Waals surface area contributed by atoms with Gasteiger partial charge in [0.25, 0.3) is 0 Å². The minimum atomic E-state index is -0.119. The van der Waals surface area contributed by atoms with Crippen molar-refractivity contribution in [2.24, 2.45) is 0 Å². The molecule has 0 N–H and O–H groups in total. The Hall–Kier alpha value is -2.17. The summed E-state index contributed by atoms with van der Waals surface area (Å²) in [6.45, 7) is 5.02. The SMILES string of the molecule is COC(=O)CCN(CCc1ccccc1)C1CCN(Cc2ccccc2)CC1. The summed E-state index contributed by atoms with van der Waals surface area (Å²) in [7, 11) is 1.47. The molecule has 2 aromatic carbocycles. The van der Waals surface area contributed by atoms with E-state index in [9.17, 15) is 4.79 Å². The van der Waals surface area contributed by atoms with E-state index < -0.39 is 0 Å². The summed E-state index contributed by atoms with van der Waals surface area (Å²) in [6, 6.07) is 21.8. The van der Waals surface area contributed by atoms with Crippen LogP contribution in [0.4, 0.5) is 0 Å². The van der Waals surface area contributed by atoms with Gasteiger partial charge in [-0.05, 0) is 43.5 Å². The second-order valence-corrected chi connectivity index (χ2v) is 7.59. The molecule has 0 radical (unpaired) electrons. The van der Waals surface area contributed by atoms with Crippen molar-refractivity contribution in [3.8, 4) is 0 Å². The summed E-state index contributed by atoms with van der Waals surface area (Å²) in [5.41, 5.74) is 2.74. The minimum Gasteiger partial charge on any atom is -0.469 e. The van der Waals surface area contributed by atoms with Crippen LogP contribution >= 0.6 is 0 Å². The van der Waals surface area contributed by atoms with E-state index in [0.29, 0.717) is 12.5 Å². The molecular formula is C24H32N2O2. The summed E-state index contributed by atoms with van der Waals surface area (Å²) in [5, 5.41) is 0. The standard InChI is InChI=1S/C24H32N2O2/c1-28-24(27)15-19-26(18-12-21-8-4-2-5-9-21)23-13-16-25(17-14-23)20-22-10-6-3-7-11-22/h2-11,23H,12-20H2,1H3. The fourth-order valence-electron chi connectivity index (χ4n) is 4.02. The highest BCUT2D eigenvalue weighted by atomic mass is 16.5. The Morgan fingerprint density at radius 2 is 1.57 bits per heavy atom. The van der Waals surface area contributed by atoms with Gasteiger partial charge in [0.2, 0.25) is 0 Å². The van der Waals surface area contributed by atoms with E-state index in [2.05, 4.69) is 70.5 Å². The summed E-state index contributed by atoms with van der Waals surface area (Å²) >= 11 is 0. The predicted molar refractivity (Wildman–Crippen MR) is 113 cm³/mol. The van der Waals surface area contributed by atoms with Crippen LogP contribution in [-0.2, 0) is 22.5 Å². The third-order valence-electron chi connectivity index (χ3n) is 5.68. The van der Waals surface area contributed by atoms with Crippen LogP contribution in [0.15, 0.2) is 60.7 Å². The molecule has 1 aliphatic heterocycles. The first-order valence-corrected chi connectivity index (χ1v) is 10.4. The van der Waals surface area contributed by atoms with E-state index >= 15 is 0 Å². The lowest BCUT2D eigenvalue weighted by molar-refractivity contribution is -0.141. The molecule has 0 unspecified atom stereocenters. The normalized spacial score (nSPS) is 15.6. The van der Waals surface area contributed by atoms with Crippen LogP contribution < -0.4 is 0 Å². The average molecular weight is 381 g/mol. The Morgan fingerprint density at radius 3 is 2.18 bits per heavy atom. The number of ether oxygens (including phenoxy) is 1. The first-order valence-electron chi connectivity index (χ1n) is 10.4. The minimum absolute atomic E-state index is 0.119. The second-order valence-electron chi connectivity index (χ2n) is 7.59. The number of likely N-dealkylation sites (tertiary alicyclic amines) is 1. The van der Waals surface area contributed by atoms with Crippen LogP contribution in [-0.4, -0.2) is 55.1 Å². The van der Waals surface area contributed by atoms with Crippen molar-refractivity contribution in [2.75, 3.05) is 33.3 Å². The highest BCUT2D eigenvalue weighted by Gasteiger charge is 2.25. The molecule has 0 amide bonds. The van der Waals surface area contributed by atoms with E-state index in [1.54, 1.807) is 0 Å². The van der Waals surface area contributed by atoms with E-state index in [4.69, 9.17) is 4.74 Å². The topological polar surface area (TPSA) is 32.8 Å². The zero-order valence-corrected chi connectivity index (χ0v) is 16.9. The van der Waals surface area contributed by atoms with Crippen molar-refractivity contribution in [3.63, 3.8) is 0 Å². The molecule has 1 aliphatic rings. The van der Waals surface area contributed by atoms with Crippen LogP contribution in [0.25, 0.3) is 0 Å². The number of rotatable bonds is 9. The Morgan fingerprint density at radius 1 is 0.964 bits per heavy atom. The zero-order chi connectivity index (χ0) is 19.6. The summed E-state index contributed by atoms with van der Waals surface area (Å²) in [5.74, 6) is -0.119. The maximum atomic E-state index is 11.7. The molecular weight excluding hydrogens is 348 g/mol. The molecule has 150 valence electrons. The number of methoxy groups -OCH3 is 1. The second kappa shape index (κ2) is 11.0. The van der Waals surface area contributed by atoms with Crippen molar-refractivity contribution >= 4 is 5.97 Å². The van der Waals surface area contributed by atoms with Gasteiger partial charge in [-0.25, -0.2) is 0 Å². The Labute approximate surface area is 169 Å². The van der Waals surface area contributed by atoms with Crippen molar-refractivity contribution in [1.29, 1.82) is 0 Å². The smallest absolute Gasteiger partial charge is 0.306 e. The van der Waals surface area contributed by atoms with Crippen molar-refractivity contribution in [3.05, 3.63) is 71.8 Å². The number of carbonyl (C=O) groups is 1. The van der Waals surface area contributed by atoms with Gasteiger partial charge in [0.1, 0.15) is 0 Å². The molecule has 0 spiro atoms. The van der Waals surface area contributed by atoms with E-state index in [-0.39, 0.29) is 5.97 Å². The molecule has 0 atom stereocenters. The number of benzene rings is 2. The maximum absolute atomic E-state index is 11.7. The van der Waals surface area contributed by atoms with Crippen LogP contribution in [0.5, 0.6) is 0 Å². The molecule has 3 rings (SSSR count). The van der Waals surface area contributed by atoms with Gasteiger partial charge in [0.15, 0.2) is 0 Å². The monoisotopic (exact) mass is 380 g/mol. The van der Waals surface area contributed by atoms with Crippen molar-refractivity contribution in [2.45, 2.75) is 38.3 Å².